The molecule has 3 rings (SSSR count). The number of benzene rings is 1. The van der Waals surface area contributed by atoms with Gasteiger partial charge in [0.25, 0.3) is 0 Å². The first-order chi connectivity index (χ1) is 11.6. The van der Waals surface area contributed by atoms with Crippen LogP contribution in [0.3, 0.4) is 0 Å². The predicted molar refractivity (Wildman–Crippen MR) is 102 cm³/mol. The number of nitrogens with one attached hydrogen (secondary N) is 2. The minimum Gasteiger partial charge on any atom is -0.369 e. The minimum atomic E-state index is 0.413. The normalized spacial score (nSPS) is 18.0. The molecule has 1 fully saturated rings. The Bertz CT molecular complexity index is 692. The smallest absolute Gasteiger partial charge is 0.191 e. The Morgan fingerprint density at radius 3 is 2.79 bits per heavy atom. The summed E-state index contributed by atoms with van der Waals surface area (Å²) in [6, 6.07) is 9.17. The summed E-state index contributed by atoms with van der Waals surface area (Å²) >= 11 is 1.72. The van der Waals surface area contributed by atoms with E-state index in [0.29, 0.717) is 12.6 Å². The number of guanidine groups is 1. The number of anilines is 1. The molecule has 6 heteroatoms. The topological polar surface area (TPSA) is 52.6 Å². The summed E-state index contributed by atoms with van der Waals surface area (Å²) in [6.07, 6.45) is 3.03. The van der Waals surface area contributed by atoms with Crippen molar-refractivity contribution in [1.29, 1.82) is 0 Å². The highest BCUT2D eigenvalue weighted by Crippen LogP contribution is 2.20. The lowest BCUT2D eigenvalue weighted by atomic mass is 10.2. The molecule has 5 nitrogen and oxygen atoms in total. The summed E-state index contributed by atoms with van der Waals surface area (Å²) in [5.41, 5.74) is 2.60. The van der Waals surface area contributed by atoms with Gasteiger partial charge in [-0.2, -0.15) is 0 Å². The van der Waals surface area contributed by atoms with Gasteiger partial charge >= 0.3 is 0 Å². The van der Waals surface area contributed by atoms with Crippen molar-refractivity contribution < 1.29 is 0 Å². The third-order valence-corrected chi connectivity index (χ3v) is 5.14. The zero-order chi connectivity index (χ0) is 16.9. The summed E-state index contributed by atoms with van der Waals surface area (Å²) in [7, 11) is 1.81. The maximum atomic E-state index is 4.38. The molecule has 2 aromatic rings. The van der Waals surface area contributed by atoms with E-state index in [9.17, 15) is 0 Å². The average molecular weight is 344 g/mol. The van der Waals surface area contributed by atoms with Gasteiger partial charge in [0, 0.05) is 42.9 Å². The number of aromatic nitrogens is 1. The second kappa shape index (κ2) is 7.66. The number of rotatable bonds is 4. The molecule has 2 N–H and O–H groups in total. The molecule has 0 radical (unpaired) electrons. The van der Waals surface area contributed by atoms with Crippen LogP contribution in [-0.4, -0.2) is 37.1 Å². The molecule has 1 aliphatic heterocycles. The quantitative estimate of drug-likeness (QED) is 0.662. The van der Waals surface area contributed by atoms with Crippen molar-refractivity contribution in [2.75, 3.05) is 25.0 Å². The number of hydrogen-bond acceptors (Lipinski definition) is 4. The maximum Gasteiger partial charge on any atom is 0.191 e. The lowest BCUT2D eigenvalue weighted by molar-refractivity contribution is 0.648. The van der Waals surface area contributed by atoms with E-state index in [1.807, 2.05) is 13.2 Å². The standard InChI is InChI=1S/C18H25N5S/c1-13-4-6-16(7-5-13)23-9-8-15(12-23)22-18(19-3)21-11-17-20-10-14(2)24-17/h4-7,10,15H,8-9,11-12H2,1-3H3,(H2,19,21,22). The van der Waals surface area contributed by atoms with Gasteiger partial charge in [0.1, 0.15) is 5.01 Å². The fourth-order valence-electron chi connectivity index (χ4n) is 2.90. The van der Waals surface area contributed by atoms with E-state index in [4.69, 9.17) is 0 Å². The minimum absolute atomic E-state index is 0.413. The Labute approximate surface area is 147 Å². The highest BCUT2D eigenvalue weighted by Gasteiger charge is 2.23. The average Bonchev–Trinajstić information content (AvgIpc) is 3.21. The van der Waals surface area contributed by atoms with Gasteiger partial charge in [-0.25, -0.2) is 4.98 Å². The van der Waals surface area contributed by atoms with Crippen LogP contribution in [0, 0.1) is 13.8 Å². The van der Waals surface area contributed by atoms with Gasteiger partial charge < -0.3 is 15.5 Å². The van der Waals surface area contributed by atoms with Crippen molar-refractivity contribution in [1.82, 2.24) is 15.6 Å². The molecular weight excluding hydrogens is 318 g/mol. The van der Waals surface area contributed by atoms with Crippen LogP contribution in [0.25, 0.3) is 0 Å². The first-order valence-electron chi connectivity index (χ1n) is 8.34. The highest BCUT2D eigenvalue weighted by atomic mass is 32.1. The Hall–Kier alpha value is -2.08. The zero-order valence-electron chi connectivity index (χ0n) is 14.5. The predicted octanol–water partition coefficient (Wildman–Crippen LogP) is 2.70. The summed E-state index contributed by atoms with van der Waals surface area (Å²) in [5, 5.41) is 7.97. The molecular formula is C18H25N5S. The number of aliphatic imine (C=N–C) groups is 1. The fraction of sp³-hybridized carbons (Fsp3) is 0.444. The van der Waals surface area contributed by atoms with Crippen LogP contribution >= 0.6 is 11.3 Å². The first-order valence-corrected chi connectivity index (χ1v) is 9.16. The lowest BCUT2D eigenvalue weighted by Crippen LogP contribution is -2.44. The molecule has 1 aromatic carbocycles. The molecule has 0 aliphatic carbocycles. The number of thiazole rings is 1. The molecule has 0 amide bonds. The van der Waals surface area contributed by atoms with E-state index >= 15 is 0 Å². The van der Waals surface area contributed by atoms with E-state index in [-0.39, 0.29) is 0 Å². The molecule has 0 spiro atoms. The van der Waals surface area contributed by atoms with Gasteiger partial charge in [0.05, 0.1) is 6.54 Å². The van der Waals surface area contributed by atoms with Crippen LogP contribution in [0.2, 0.25) is 0 Å². The second-order valence-corrected chi connectivity index (χ2v) is 7.52. The molecule has 1 aromatic heterocycles. The molecule has 1 atom stereocenters. The number of aryl methyl sites for hydroxylation is 2. The molecule has 0 bridgehead atoms. The number of hydrogen-bond donors (Lipinski definition) is 2. The van der Waals surface area contributed by atoms with Crippen molar-refractivity contribution in [2.24, 2.45) is 4.99 Å². The van der Waals surface area contributed by atoms with E-state index < -0.39 is 0 Å². The SMILES string of the molecule is CN=C(NCc1ncc(C)s1)NC1CCN(c2ccc(C)cc2)C1. The molecule has 1 aliphatic rings. The Morgan fingerprint density at radius 2 is 2.12 bits per heavy atom. The Morgan fingerprint density at radius 1 is 1.33 bits per heavy atom. The third-order valence-electron chi connectivity index (χ3n) is 4.23. The molecule has 1 unspecified atom stereocenters. The second-order valence-electron chi connectivity index (χ2n) is 6.20. The van der Waals surface area contributed by atoms with Crippen molar-refractivity contribution in [3.05, 3.63) is 45.9 Å². The van der Waals surface area contributed by atoms with Gasteiger partial charge in [-0.1, -0.05) is 17.7 Å². The molecule has 1 saturated heterocycles. The maximum absolute atomic E-state index is 4.38. The van der Waals surface area contributed by atoms with E-state index in [2.05, 4.69) is 63.6 Å². The largest absolute Gasteiger partial charge is 0.369 e. The number of nitrogens with zero attached hydrogens (tertiary/aromatic N) is 3. The molecule has 2 heterocycles. The lowest BCUT2D eigenvalue weighted by Gasteiger charge is -2.20. The third kappa shape index (κ3) is 4.26. The summed E-state index contributed by atoms with van der Waals surface area (Å²) in [4.78, 5) is 12.4. The molecule has 24 heavy (non-hydrogen) atoms. The van der Waals surface area contributed by atoms with Crippen LogP contribution < -0.4 is 15.5 Å². The highest BCUT2D eigenvalue weighted by molar-refractivity contribution is 7.11. The van der Waals surface area contributed by atoms with Gasteiger partial charge in [0.15, 0.2) is 5.96 Å². The van der Waals surface area contributed by atoms with Gasteiger partial charge in [-0.3, -0.25) is 4.99 Å². The Kier molecular flexibility index (Phi) is 5.35. The summed E-state index contributed by atoms with van der Waals surface area (Å²) in [5.74, 6) is 0.846. The first kappa shape index (κ1) is 16.8. The van der Waals surface area contributed by atoms with E-state index in [1.165, 1.54) is 16.1 Å². The van der Waals surface area contributed by atoms with Crippen LogP contribution in [0.5, 0.6) is 0 Å². The van der Waals surface area contributed by atoms with Crippen LogP contribution in [0.15, 0.2) is 35.5 Å². The van der Waals surface area contributed by atoms with Crippen molar-refractivity contribution in [2.45, 2.75) is 32.9 Å². The van der Waals surface area contributed by atoms with Crippen LogP contribution in [-0.2, 0) is 6.54 Å². The summed E-state index contributed by atoms with van der Waals surface area (Å²) in [6.45, 7) is 6.99. The van der Waals surface area contributed by atoms with Crippen LogP contribution in [0.4, 0.5) is 5.69 Å². The van der Waals surface area contributed by atoms with Crippen molar-refractivity contribution in [3.8, 4) is 0 Å². The van der Waals surface area contributed by atoms with Crippen molar-refractivity contribution >= 4 is 23.0 Å². The fourth-order valence-corrected chi connectivity index (χ4v) is 3.63. The van der Waals surface area contributed by atoms with Crippen molar-refractivity contribution in [3.63, 3.8) is 0 Å². The van der Waals surface area contributed by atoms with E-state index in [1.54, 1.807) is 11.3 Å². The van der Waals surface area contributed by atoms with Crippen LogP contribution in [0.1, 0.15) is 21.9 Å². The summed E-state index contributed by atoms with van der Waals surface area (Å²) < 4.78 is 0. The Balaban J connectivity index is 1.50. The van der Waals surface area contributed by atoms with Gasteiger partial charge in [-0.15, -0.1) is 11.3 Å². The molecule has 128 valence electrons. The molecule has 0 saturated carbocycles. The van der Waals surface area contributed by atoms with E-state index in [0.717, 1.165) is 30.5 Å². The zero-order valence-corrected chi connectivity index (χ0v) is 15.4. The van der Waals surface area contributed by atoms with Gasteiger partial charge in [-0.05, 0) is 32.4 Å². The van der Waals surface area contributed by atoms with Gasteiger partial charge in [0.2, 0.25) is 0 Å². The monoisotopic (exact) mass is 343 g/mol.